The molecule has 2 amide bonds. The molecule has 1 saturated heterocycles. The quantitative estimate of drug-likeness (QED) is 0.767. The molecule has 22 heavy (non-hydrogen) atoms. The van der Waals surface area contributed by atoms with Gasteiger partial charge in [0.2, 0.25) is 0 Å². The van der Waals surface area contributed by atoms with Gasteiger partial charge < -0.3 is 20.1 Å². The molecule has 1 aromatic rings. The van der Waals surface area contributed by atoms with Gasteiger partial charge in [-0.2, -0.15) is 0 Å². The average molecular weight is 307 g/mol. The zero-order valence-electron chi connectivity index (χ0n) is 13.1. The summed E-state index contributed by atoms with van der Waals surface area (Å²) in [5, 5.41) is 11.7. The van der Waals surface area contributed by atoms with Crippen molar-refractivity contribution >= 4 is 6.03 Å². The second-order valence-electron chi connectivity index (χ2n) is 5.28. The lowest BCUT2D eigenvalue weighted by Crippen LogP contribution is -2.52. The SMILES string of the molecule is CCc1ccccc1OCNC(=O)N1CCN(CCO)CC1. The van der Waals surface area contributed by atoms with Crippen molar-refractivity contribution in [1.29, 1.82) is 0 Å². The first-order valence-electron chi connectivity index (χ1n) is 7.81. The highest BCUT2D eigenvalue weighted by molar-refractivity contribution is 5.74. The first-order chi connectivity index (χ1) is 10.7. The second-order valence-corrected chi connectivity index (χ2v) is 5.28. The van der Waals surface area contributed by atoms with E-state index in [1.807, 2.05) is 24.3 Å². The summed E-state index contributed by atoms with van der Waals surface area (Å²) in [5.74, 6) is 0.818. The van der Waals surface area contributed by atoms with Gasteiger partial charge in [0.15, 0.2) is 6.73 Å². The Kier molecular flexibility index (Phi) is 6.48. The number of aliphatic hydroxyl groups excluding tert-OH is 1. The average Bonchev–Trinajstić information content (AvgIpc) is 2.56. The number of benzene rings is 1. The topological polar surface area (TPSA) is 65.0 Å². The van der Waals surface area contributed by atoms with Gasteiger partial charge in [0.25, 0.3) is 0 Å². The van der Waals surface area contributed by atoms with Crippen molar-refractivity contribution in [2.24, 2.45) is 0 Å². The van der Waals surface area contributed by atoms with E-state index >= 15 is 0 Å². The molecule has 1 fully saturated rings. The van der Waals surface area contributed by atoms with Crippen molar-refractivity contribution in [3.63, 3.8) is 0 Å². The number of carbonyl (C=O) groups excluding carboxylic acids is 1. The van der Waals surface area contributed by atoms with Gasteiger partial charge in [-0.3, -0.25) is 4.90 Å². The molecule has 0 unspecified atom stereocenters. The van der Waals surface area contributed by atoms with E-state index in [9.17, 15) is 4.79 Å². The second kappa shape index (κ2) is 8.60. The summed E-state index contributed by atoms with van der Waals surface area (Å²) in [6.45, 7) is 6.04. The molecule has 1 aromatic carbocycles. The van der Waals surface area contributed by atoms with Crippen LogP contribution in [0.1, 0.15) is 12.5 Å². The molecule has 1 aliphatic rings. The van der Waals surface area contributed by atoms with Gasteiger partial charge >= 0.3 is 6.03 Å². The Morgan fingerprint density at radius 3 is 2.68 bits per heavy atom. The van der Waals surface area contributed by atoms with Crippen molar-refractivity contribution in [2.75, 3.05) is 46.1 Å². The molecular formula is C16H25N3O3. The van der Waals surface area contributed by atoms with E-state index in [0.29, 0.717) is 19.6 Å². The molecule has 2 N–H and O–H groups in total. The molecule has 0 aromatic heterocycles. The van der Waals surface area contributed by atoms with E-state index in [2.05, 4.69) is 17.1 Å². The maximum Gasteiger partial charge on any atom is 0.320 e. The fourth-order valence-electron chi connectivity index (χ4n) is 2.54. The van der Waals surface area contributed by atoms with E-state index in [-0.39, 0.29) is 19.4 Å². The molecule has 2 rings (SSSR count). The number of amides is 2. The van der Waals surface area contributed by atoms with E-state index < -0.39 is 0 Å². The molecular weight excluding hydrogens is 282 g/mol. The predicted molar refractivity (Wildman–Crippen MR) is 84.9 cm³/mol. The van der Waals surface area contributed by atoms with Gasteiger partial charge in [-0.25, -0.2) is 4.79 Å². The molecule has 6 nitrogen and oxygen atoms in total. The highest BCUT2D eigenvalue weighted by Crippen LogP contribution is 2.17. The zero-order valence-corrected chi connectivity index (χ0v) is 13.1. The number of nitrogens with zero attached hydrogens (tertiary/aromatic N) is 2. The number of aliphatic hydroxyl groups is 1. The van der Waals surface area contributed by atoms with Crippen LogP contribution in [-0.2, 0) is 6.42 Å². The van der Waals surface area contributed by atoms with Gasteiger partial charge in [0, 0.05) is 32.7 Å². The van der Waals surface area contributed by atoms with Gasteiger partial charge in [-0.15, -0.1) is 0 Å². The van der Waals surface area contributed by atoms with Crippen LogP contribution in [0.4, 0.5) is 4.79 Å². The maximum atomic E-state index is 12.1. The third-order valence-corrected chi connectivity index (χ3v) is 3.88. The Bertz CT molecular complexity index is 473. The van der Waals surface area contributed by atoms with Crippen LogP contribution < -0.4 is 10.1 Å². The number of para-hydroxylation sites is 1. The normalized spacial score (nSPS) is 15.6. The van der Waals surface area contributed by atoms with Crippen LogP contribution in [0.2, 0.25) is 0 Å². The largest absolute Gasteiger partial charge is 0.473 e. The summed E-state index contributed by atoms with van der Waals surface area (Å²) in [4.78, 5) is 16.0. The molecule has 0 atom stereocenters. The molecule has 122 valence electrons. The third-order valence-electron chi connectivity index (χ3n) is 3.88. The van der Waals surface area contributed by atoms with Gasteiger partial charge in [-0.1, -0.05) is 25.1 Å². The summed E-state index contributed by atoms with van der Waals surface area (Å²) < 4.78 is 5.65. The van der Waals surface area contributed by atoms with Crippen LogP contribution >= 0.6 is 0 Å². The lowest BCUT2D eigenvalue weighted by atomic mass is 10.1. The Morgan fingerprint density at radius 1 is 1.27 bits per heavy atom. The minimum Gasteiger partial charge on any atom is -0.473 e. The Morgan fingerprint density at radius 2 is 2.00 bits per heavy atom. The lowest BCUT2D eigenvalue weighted by Gasteiger charge is -2.34. The predicted octanol–water partition coefficient (Wildman–Crippen LogP) is 0.905. The Labute approximate surface area is 131 Å². The fourth-order valence-corrected chi connectivity index (χ4v) is 2.54. The number of β-amino-alcohol motifs (C(OH)–C–C–N with tert-alkyl or cyclic N) is 1. The van der Waals surface area contributed by atoms with Crippen LogP contribution in [0, 0.1) is 0 Å². The summed E-state index contributed by atoms with van der Waals surface area (Å²) in [6.07, 6.45) is 0.900. The fraction of sp³-hybridized carbons (Fsp3) is 0.562. The lowest BCUT2D eigenvalue weighted by molar-refractivity contribution is 0.118. The van der Waals surface area contributed by atoms with Crippen LogP contribution in [0.25, 0.3) is 0 Å². The van der Waals surface area contributed by atoms with E-state index in [4.69, 9.17) is 9.84 Å². The number of aryl methyl sites for hydroxylation is 1. The molecule has 0 spiro atoms. The summed E-state index contributed by atoms with van der Waals surface area (Å²) in [6, 6.07) is 7.75. The standard InChI is InChI=1S/C16H25N3O3/c1-2-14-5-3-4-6-15(14)22-13-17-16(21)19-9-7-18(8-10-19)11-12-20/h3-6,20H,2,7-13H2,1H3,(H,17,21). The highest BCUT2D eigenvalue weighted by Gasteiger charge is 2.20. The molecule has 0 saturated carbocycles. The number of urea groups is 1. The van der Waals surface area contributed by atoms with Crippen molar-refractivity contribution in [1.82, 2.24) is 15.1 Å². The molecule has 1 aliphatic heterocycles. The first kappa shape index (κ1) is 16.6. The number of nitrogens with one attached hydrogen (secondary N) is 1. The maximum absolute atomic E-state index is 12.1. The van der Waals surface area contributed by atoms with E-state index in [1.54, 1.807) is 4.90 Å². The number of hydrogen-bond donors (Lipinski definition) is 2. The Hall–Kier alpha value is -1.79. The van der Waals surface area contributed by atoms with Crippen molar-refractivity contribution in [2.45, 2.75) is 13.3 Å². The number of hydrogen-bond acceptors (Lipinski definition) is 4. The molecule has 0 aliphatic carbocycles. The summed E-state index contributed by atoms with van der Waals surface area (Å²) >= 11 is 0. The molecule has 6 heteroatoms. The zero-order chi connectivity index (χ0) is 15.8. The van der Waals surface area contributed by atoms with Gasteiger partial charge in [0.05, 0.1) is 6.61 Å². The minimum atomic E-state index is -0.0994. The first-order valence-corrected chi connectivity index (χ1v) is 7.81. The molecule has 0 radical (unpaired) electrons. The highest BCUT2D eigenvalue weighted by atomic mass is 16.5. The van der Waals surface area contributed by atoms with Crippen molar-refractivity contribution < 1.29 is 14.6 Å². The number of rotatable bonds is 6. The van der Waals surface area contributed by atoms with Gasteiger partial charge in [0.1, 0.15) is 5.75 Å². The van der Waals surface area contributed by atoms with Crippen molar-refractivity contribution in [3.05, 3.63) is 29.8 Å². The summed E-state index contributed by atoms with van der Waals surface area (Å²) in [7, 11) is 0. The number of piperazine rings is 1. The minimum absolute atomic E-state index is 0.0994. The number of carbonyl (C=O) groups is 1. The molecule has 0 bridgehead atoms. The van der Waals surface area contributed by atoms with E-state index in [1.165, 1.54) is 0 Å². The van der Waals surface area contributed by atoms with Crippen LogP contribution in [0.15, 0.2) is 24.3 Å². The Balaban J connectivity index is 1.72. The van der Waals surface area contributed by atoms with Crippen LogP contribution in [0.5, 0.6) is 5.75 Å². The third kappa shape index (κ3) is 4.61. The molecule has 1 heterocycles. The van der Waals surface area contributed by atoms with Crippen molar-refractivity contribution in [3.8, 4) is 5.75 Å². The van der Waals surface area contributed by atoms with Crippen LogP contribution in [-0.4, -0.2) is 67.0 Å². The number of ether oxygens (including phenoxy) is 1. The monoisotopic (exact) mass is 307 g/mol. The summed E-state index contributed by atoms with van der Waals surface area (Å²) in [5.41, 5.74) is 1.13. The van der Waals surface area contributed by atoms with Gasteiger partial charge in [-0.05, 0) is 18.1 Å². The van der Waals surface area contributed by atoms with E-state index in [0.717, 1.165) is 30.8 Å². The smallest absolute Gasteiger partial charge is 0.320 e. The van der Waals surface area contributed by atoms with Crippen LogP contribution in [0.3, 0.4) is 0 Å².